The highest BCUT2D eigenvalue weighted by Crippen LogP contribution is 1.77. The number of carbonyl (C=O) groups is 1. The fraction of sp³-hybridized carbons (Fsp3) is 0.889. The SMILES string of the molecule is CC(=O)O.CCC(O)O.CCOCC. The molecule has 0 saturated heterocycles. The van der Waals surface area contributed by atoms with E-state index in [-0.39, 0.29) is 0 Å². The van der Waals surface area contributed by atoms with Crippen molar-refractivity contribution in [2.24, 2.45) is 0 Å². The minimum atomic E-state index is -1.12. The molecule has 5 heteroatoms. The molecule has 0 aromatic heterocycles. The first-order chi connectivity index (χ1) is 6.42. The van der Waals surface area contributed by atoms with Gasteiger partial charge in [0.15, 0.2) is 6.29 Å². The summed E-state index contributed by atoms with van der Waals surface area (Å²) in [6.45, 7) is 8.45. The van der Waals surface area contributed by atoms with Crippen LogP contribution in [0.15, 0.2) is 0 Å². The zero-order valence-electron chi connectivity index (χ0n) is 9.36. The molecular weight excluding hydrogens is 188 g/mol. The smallest absolute Gasteiger partial charge is 0.300 e. The van der Waals surface area contributed by atoms with Crippen LogP contribution < -0.4 is 0 Å². The molecule has 0 bridgehead atoms. The molecule has 3 N–H and O–H groups in total. The Morgan fingerprint density at radius 1 is 1.21 bits per heavy atom. The first-order valence-corrected chi connectivity index (χ1v) is 4.55. The standard InChI is InChI=1S/C4H10O.C3H8O2.C2H4O2/c1-3-5-4-2;1-2-3(4)5;1-2(3)4/h3-4H2,1-2H3;3-5H,2H2,1H3;1H3,(H,3,4). The Kier molecular flexibility index (Phi) is 24.7. The number of aliphatic carboxylic acids is 1. The number of ether oxygens (including phenoxy) is 1. The fourth-order valence-electron chi connectivity index (χ4n) is 0.204. The molecule has 0 aliphatic carbocycles. The third kappa shape index (κ3) is 108. The quantitative estimate of drug-likeness (QED) is 0.601. The van der Waals surface area contributed by atoms with Gasteiger partial charge in [-0.25, -0.2) is 0 Å². The normalized spacial score (nSPS) is 8.21. The highest BCUT2D eigenvalue weighted by atomic mass is 16.5. The van der Waals surface area contributed by atoms with Crippen molar-refractivity contribution in [3.8, 4) is 0 Å². The Morgan fingerprint density at radius 3 is 1.43 bits per heavy atom. The van der Waals surface area contributed by atoms with Crippen LogP contribution in [0.4, 0.5) is 0 Å². The van der Waals surface area contributed by atoms with E-state index >= 15 is 0 Å². The van der Waals surface area contributed by atoms with Crippen LogP contribution in [0, 0.1) is 0 Å². The third-order valence-corrected chi connectivity index (χ3v) is 0.773. The first-order valence-electron chi connectivity index (χ1n) is 4.55. The van der Waals surface area contributed by atoms with Crippen LogP contribution >= 0.6 is 0 Å². The van der Waals surface area contributed by atoms with Crippen molar-refractivity contribution < 1.29 is 24.9 Å². The number of aliphatic hydroxyl groups is 2. The van der Waals surface area contributed by atoms with Gasteiger partial charge in [-0.15, -0.1) is 0 Å². The molecule has 0 unspecified atom stereocenters. The van der Waals surface area contributed by atoms with Crippen molar-refractivity contribution in [3.63, 3.8) is 0 Å². The summed E-state index contributed by atoms with van der Waals surface area (Å²) >= 11 is 0. The minimum absolute atomic E-state index is 0.417. The molecule has 0 aliphatic heterocycles. The van der Waals surface area contributed by atoms with Gasteiger partial charge in [-0.3, -0.25) is 4.79 Å². The summed E-state index contributed by atoms with van der Waals surface area (Å²) in [5, 5.41) is 23.2. The van der Waals surface area contributed by atoms with E-state index in [1.54, 1.807) is 6.92 Å². The summed E-state index contributed by atoms with van der Waals surface area (Å²) in [6, 6.07) is 0. The van der Waals surface area contributed by atoms with Gasteiger partial charge < -0.3 is 20.1 Å². The summed E-state index contributed by atoms with van der Waals surface area (Å²) in [4.78, 5) is 9.00. The van der Waals surface area contributed by atoms with Gasteiger partial charge in [0.2, 0.25) is 0 Å². The summed E-state index contributed by atoms with van der Waals surface area (Å²) in [5.74, 6) is -0.833. The molecule has 0 fully saturated rings. The van der Waals surface area contributed by atoms with Gasteiger partial charge >= 0.3 is 0 Å². The number of carboxylic acids is 1. The number of hydrogen-bond donors (Lipinski definition) is 3. The zero-order chi connectivity index (χ0) is 12.0. The average Bonchev–Trinajstić information content (AvgIpc) is 2.06. The van der Waals surface area contributed by atoms with E-state index in [0.717, 1.165) is 20.1 Å². The largest absolute Gasteiger partial charge is 0.481 e. The second-order valence-corrected chi connectivity index (χ2v) is 2.19. The van der Waals surface area contributed by atoms with Crippen LogP contribution in [-0.4, -0.2) is 40.8 Å². The predicted molar refractivity (Wildman–Crippen MR) is 54.0 cm³/mol. The highest BCUT2D eigenvalue weighted by Gasteiger charge is 1.83. The molecular formula is C9H22O5. The predicted octanol–water partition coefficient (Wildman–Crippen LogP) is 0.841. The summed E-state index contributed by atoms with van der Waals surface area (Å²) < 4.78 is 4.83. The molecule has 0 atom stereocenters. The van der Waals surface area contributed by atoms with Gasteiger partial charge in [-0.2, -0.15) is 0 Å². The lowest BCUT2D eigenvalue weighted by atomic mass is 10.5. The van der Waals surface area contributed by atoms with Crippen molar-refractivity contribution in [3.05, 3.63) is 0 Å². The molecule has 14 heavy (non-hydrogen) atoms. The van der Waals surface area contributed by atoms with E-state index in [1.807, 2.05) is 13.8 Å². The molecule has 0 aliphatic rings. The van der Waals surface area contributed by atoms with Crippen molar-refractivity contribution in [1.82, 2.24) is 0 Å². The lowest BCUT2D eigenvalue weighted by Crippen LogP contribution is -1.99. The van der Waals surface area contributed by atoms with Crippen molar-refractivity contribution >= 4 is 5.97 Å². The Balaban J connectivity index is -0.000000131. The third-order valence-electron chi connectivity index (χ3n) is 0.773. The number of hydrogen-bond acceptors (Lipinski definition) is 4. The maximum absolute atomic E-state index is 9.00. The molecule has 0 spiro atoms. The Hall–Kier alpha value is -0.650. The van der Waals surface area contributed by atoms with Gasteiger partial charge in [0.1, 0.15) is 0 Å². The van der Waals surface area contributed by atoms with E-state index in [4.69, 9.17) is 24.9 Å². The summed E-state index contributed by atoms with van der Waals surface area (Å²) in [6.07, 6.45) is -0.699. The van der Waals surface area contributed by atoms with Crippen LogP contribution in [0.5, 0.6) is 0 Å². The molecule has 0 heterocycles. The maximum atomic E-state index is 9.00. The summed E-state index contributed by atoms with van der Waals surface area (Å²) in [7, 11) is 0. The van der Waals surface area contributed by atoms with E-state index in [2.05, 4.69) is 0 Å². The highest BCUT2D eigenvalue weighted by molar-refractivity contribution is 5.62. The van der Waals surface area contributed by atoms with Gasteiger partial charge in [0.25, 0.3) is 5.97 Å². The van der Waals surface area contributed by atoms with Crippen LogP contribution in [0.2, 0.25) is 0 Å². The molecule has 0 rings (SSSR count). The van der Waals surface area contributed by atoms with E-state index in [0.29, 0.717) is 6.42 Å². The molecule has 88 valence electrons. The van der Waals surface area contributed by atoms with Gasteiger partial charge in [-0.05, 0) is 20.3 Å². The van der Waals surface area contributed by atoms with E-state index in [9.17, 15) is 0 Å². The monoisotopic (exact) mass is 210 g/mol. The maximum Gasteiger partial charge on any atom is 0.300 e. The summed E-state index contributed by atoms with van der Waals surface area (Å²) in [5.41, 5.74) is 0. The van der Waals surface area contributed by atoms with Crippen molar-refractivity contribution in [2.75, 3.05) is 13.2 Å². The van der Waals surface area contributed by atoms with Crippen molar-refractivity contribution in [2.45, 2.75) is 40.4 Å². The van der Waals surface area contributed by atoms with Crippen LogP contribution in [-0.2, 0) is 9.53 Å². The Bertz CT molecular complexity index is 97.4. The second-order valence-electron chi connectivity index (χ2n) is 2.19. The van der Waals surface area contributed by atoms with Gasteiger partial charge in [-0.1, -0.05) is 6.92 Å². The van der Waals surface area contributed by atoms with Crippen LogP contribution in [0.3, 0.4) is 0 Å². The molecule has 0 saturated carbocycles. The minimum Gasteiger partial charge on any atom is -0.481 e. The number of carboxylic acid groups (broad SMARTS) is 1. The lowest BCUT2D eigenvalue weighted by Gasteiger charge is -1.90. The lowest BCUT2D eigenvalue weighted by molar-refractivity contribution is -0.134. The van der Waals surface area contributed by atoms with Crippen molar-refractivity contribution in [1.29, 1.82) is 0 Å². The Labute approximate surface area is 85.3 Å². The zero-order valence-corrected chi connectivity index (χ0v) is 9.36. The second kappa shape index (κ2) is 18.2. The molecule has 0 aromatic rings. The van der Waals surface area contributed by atoms with Gasteiger partial charge in [0, 0.05) is 20.1 Å². The van der Waals surface area contributed by atoms with Crippen LogP contribution in [0.25, 0.3) is 0 Å². The van der Waals surface area contributed by atoms with Gasteiger partial charge in [0.05, 0.1) is 0 Å². The number of rotatable bonds is 3. The molecule has 0 amide bonds. The topological polar surface area (TPSA) is 87.0 Å². The molecule has 0 aromatic carbocycles. The molecule has 5 nitrogen and oxygen atoms in total. The number of aliphatic hydroxyl groups excluding tert-OH is 1. The Morgan fingerprint density at radius 2 is 1.43 bits per heavy atom. The van der Waals surface area contributed by atoms with E-state index in [1.165, 1.54) is 0 Å². The molecule has 0 radical (unpaired) electrons. The average molecular weight is 210 g/mol. The fourth-order valence-corrected chi connectivity index (χ4v) is 0.204. The van der Waals surface area contributed by atoms with E-state index < -0.39 is 12.3 Å². The first kappa shape index (κ1) is 19.0. The van der Waals surface area contributed by atoms with Crippen LogP contribution in [0.1, 0.15) is 34.1 Å².